The van der Waals surface area contributed by atoms with E-state index >= 15 is 0 Å². The number of nitrogens with zero attached hydrogens (tertiary/aromatic N) is 3. The van der Waals surface area contributed by atoms with E-state index in [4.69, 9.17) is 4.42 Å². The summed E-state index contributed by atoms with van der Waals surface area (Å²) < 4.78 is 7.53. The molecule has 1 amide bonds. The van der Waals surface area contributed by atoms with Crippen LogP contribution in [-0.2, 0) is 11.3 Å². The van der Waals surface area contributed by atoms with Gasteiger partial charge in [0.25, 0.3) is 0 Å². The first-order chi connectivity index (χ1) is 14.6. The molecule has 0 bridgehead atoms. The predicted molar refractivity (Wildman–Crippen MR) is 118 cm³/mol. The molecular weight excluding hydrogens is 396 g/mol. The zero-order valence-corrected chi connectivity index (χ0v) is 18.3. The van der Waals surface area contributed by atoms with Crippen LogP contribution in [0.2, 0.25) is 0 Å². The maximum atomic E-state index is 12.5. The van der Waals surface area contributed by atoms with E-state index in [1.54, 1.807) is 6.26 Å². The lowest BCUT2D eigenvalue weighted by molar-refractivity contribution is -0.119. The van der Waals surface area contributed by atoms with Gasteiger partial charge in [0, 0.05) is 6.04 Å². The summed E-state index contributed by atoms with van der Waals surface area (Å²) >= 11 is 1.43. The van der Waals surface area contributed by atoms with Gasteiger partial charge in [-0.25, -0.2) is 0 Å². The molecule has 1 fully saturated rings. The van der Waals surface area contributed by atoms with Gasteiger partial charge in [0.05, 0.1) is 24.1 Å². The molecule has 4 rings (SSSR count). The topological polar surface area (TPSA) is 72.9 Å². The highest BCUT2D eigenvalue weighted by Crippen LogP contribution is 2.28. The third kappa shape index (κ3) is 4.95. The summed E-state index contributed by atoms with van der Waals surface area (Å²) in [6.45, 7) is 4.84. The van der Waals surface area contributed by atoms with Crippen LogP contribution in [0.1, 0.15) is 43.9 Å². The summed E-state index contributed by atoms with van der Waals surface area (Å²) in [5.41, 5.74) is 2.08. The van der Waals surface area contributed by atoms with Crippen molar-refractivity contribution in [3.8, 4) is 11.4 Å². The van der Waals surface area contributed by atoms with Crippen molar-refractivity contribution < 1.29 is 9.21 Å². The molecule has 2 heterocycles. The number of carbonyl (C=O) groups excluding carboxylic acids is 1. The number of carbonyl (C=O) groups is 1. The molecule has 2 aromatic heterocycles. The molecule has 0 saturated heterocycles. The van der Waals surface area contributed by atoms with Gasteiger partial charge in [0.2, 0.25) is 5.91 Å². The minimum Gasteiger partial charge on any atom is -0.469 e. The minimum absolute atomic E-state index is 0.0647. The molecule has 0 atom stereocenters. The van der Waals surface area contributed by atoms with Crippen LogP contribution in [0.4, 0.5) is 0 Å². The van der Waals surface area contributed by atoms with Crippen molar-refractivity contribution in [3.05, 3.63) is 54.0 Å². The third-order valence-corrected chi connectivity index (χ3v) is 6.68. The summed E-state index contributed by atoms with van der Waals surface area (Å²) in [6, 6.07) is 12.4. The fraction of sp³-hybridized carbons (Fsp3) is 0.435. The SMILES string of the molecule is Cc1occc1-c1nnc(SCC(=O)NC2CCC(C)CC2)n1Cc1ccccc1. The Bertz CT molecular complexity index is 974. The summed E-state index contributed by atoms with van der Waals surface area (Å²) in [6.07, 6.45) is 6.20. The van der Waals surface area contributed by atoms with E-state index < -0.39 is 0 Å². The second-order valence-corrected chi connectivity index (χ2v) is 9.02. The predicted octanol–water partition coefficient (Wildman–Crippen LogP) is 4.68. The van der Waals surface area contributed by atoms with Crippen LogP contribution in [-0.4, -0.2) is 32.5 Å². The third-order valence-electron chi connectivity index (χ3n) is 5.71. The summed E-state index contributed by atoms with van der Waals surface area (Å²) in [7, 11) is 0. The largest absolute Gasteiger partial charge is 0.469 e. The van der Waals surface area contributed by atoms with Crippen molar-refractivity contribution in [3.63, 3.8) is 0 Å². The summed E-state index contributed by atoms with van der Waals surface area (Å²) in [4.78, 5) is 12.5. The van der Waals surface area contributed by atoms with E-state index in [-0.39, 0.29) is 5.91 Å². The van der Waals surface area contributed by atoms with Gasteiger partial charge < -0.3 is 9.73 Å². The van der Waals surface area contributed by atoms with Crippen molar-refractivity contribution in [1.82, 2.24) is 20.1 Å². The number of benzene rings is 1. The smallest absolute Gasteiger partial charge is 0.230 e. The van der Waals surface area contributed by atoms with Crippen LogP contribution < -0.4 is 5.32 Å². The molecule has 0 spiro atoms. The fourth-order valence-electron chi connectivity index (χ4n) is 3.92. The molecule has 1 N–H and O–H groups in total. The van der Waals surface area contributed by atoms with E-state index in [9.17, 15) is 4.79 Å². The molecule has 1 aromatic carbocycles. The van der Waals surface area contributed by atoms with Gasteiger partial charge in [-0.05, 0) is 50.2 Å². The number of furan rings is 1. The molecule has 0 aliphatic heterocycles. The maximum Gasteiger partial charge on any atom is 0.230 e. The number of aromatic nitrogens is 3. The van der Waals surface area contributed by atoms with Crippen molar-refractivity contribution in [2.45, 2.75) is 57.3 Å². The number of hydrogen-bond acceptors (Lipinski definition) is 5. The quantitative estimate of drug-likeness (QED) is 0.558. The second-order valence-electron chi connectivity index (χ2n) is 8.08. The van der Waals surface area contributed by atoms with Crippen LogP contribution >= 0.6 is 11.8 Å². The van der Waals surface area contributed by atoms with E-state index in [1.165, 1.54) is 24.6 Å². The highest BCUT2D eigenvalue weighted by Gasteiger charge is 2.21. The highest BCUT2D eigenvalue weighted by atomic mass is 32.2. The van der Waals surface area contributed by atoms with Crippen molar-refractivity contribution in [2.24, 2.45) is 5.92 Å². The molecule has 3 aromatic rings. The van der Waals surface area contributed by atoms with Crippen LogP contribution in [0.25, 0.3) is 11.4 Å². The first-order valence-electron chi connectivity index (χ1n) is 10.5. The molecule has 1 aliphatic rings. The lowest BCUT2D eigenvalue weighted by Gasteiger charge is -2.26. The highest BCUT2D eigenvalue weighted by molar-refractivity contribution is 7.99. The Kier molecular flexibility index (Phi) is 6.57. The lowest BCUT2D eigenvalue weighted by Crippen LogP contribution is -2.38. The van der Waals surface area contributed by atoms with Gasteiger partial charge in [-0.2, -0.15) is 0 Å². The van der Waals surface area contributed by atoms with Crippen molar-refractivity contribution >= 4 is 17.7 Å². The van der Waals surface area contributed by atoms with Gasteiger partial charge in [0.15, 0.2) is 11.0 Å². The molecule has 0 radical (unpaired) electrons. The van der Waals surface area contributed by atoms with E-state index in [0.717, 1.165) is 46.6 Å². The van der Waals surface area contributed by atoms with E-state index in [1.807, 2.05) is 31.2 Å². The maximum absolute atomic E-state index is 12.5. The number of nitrogens with one attached hydrogen (secondary N) is 1. The Hall–Kier alpha value is -2.54. The minimum atomic E-state index is 0.0647. The monoisotopic (exact) mass is 424 g/mol. The number of aryl methyl sites for hydroxylation is 1. The molecule has 1 saturated carbocycles. The molecule has 0 unspecified atom stereocenters. The fourth-order valence-corrected chi connectivity index (χ4v) is 4.67. The zero-order valence-electron chi connectivity index (χ0n) is 17.5. The van der Waals surface area contributed by atoms with Gasteiger partial charge >= 0.3 is 0 Å². The van der Waals surface area contributed by atoms with Crippen molar-refractivity contribution in [1.29, 1.82) is 0 Å². The molecular formula is C23H28N4O2S. The van der Waals surface area contributed by atoms with Crippen LogP contribution in [0.3, 0.4) is 0 Å². The Balaban J connectivity index is 1.47. The van der Waals surface area contributed by atoms with Gasteiger partial charge in [0.1, 0.15) is 5.76 Å². The number of rotatable bonds is 7. The molecule has 7 heteroatoms. The summed E-state index contributed by atoms with van der Waals surface area (Å²) in [5, 5.41) is 12.7. The Labute approximate surface area is 181 Å². The number of hydrogen-bond donors (Lipinski definition) is 1. The van der Waals surface area contributed by atoms with Crippen LogP contribution in [0, 0.1) is 12.8 Å². The number of amides is 1. The molecule has 1 aliphatic carbocycles. The Morgan fingerprint density at radius 2 is 1.93 bits per heavy atom. The van der Waals surface area contributed by atoms with Gasteiger partial charge in [-0.3, -0.25) is 9.36 Å². The van der Waals surface area contributed by atoms with Crippen LogP contribution in [0.15, 0.2) is 52.2 Å². The molecule has 6 nitrogen and oxygen atoms in total. The molecule has 30 heavy (non-hydrogen) atoms. The average Bonchev–Trinajstić information content (AvgIpc) is 3.34. The normalized spacial score (nSPS) is 19.0. The number of thioether (sulfide) groups is 1. The van der Waals surface area contributed by atoms with Gasteiger partial charge in [-0.15, -0.1) is 10.2 Å². The van der Waals surface area contributed by atoms with Gasteiger partial charge in [-0.1, -0.05) is 49.0 Å². The first kappa shape index (κ1) is 20.7. The zero-order chi connectivity index (χ0) is 20.9. The lowest BCUT2D eigenvalue weighted by atomic mass is 9.87. The second kappa shape index (κ2) is 9.51. The van der Waals surface area contributed by atoms with Crippen molar-refractivity contribution in [2.75, 3.05) is 5.75 Å². The Morgan fingerprint density at radius 1 is 1.17 bits per heavy atom. The average molecular weight is 425 g/mol. The van der Waals surface area contributed by atoms with E-state index in [0.29, 0.717) is 18.3 Å². The first-order valence-corrected chi connectivity index (χ1v) is 11.5. The van der Waals surface area contributed by atoms with E-state index in [2.05, 4.69) is 39.1 Å². The Morgan fingerprint density at radius 3 is 2.63 bits per heavy atom. The standard InChI is InChI=1S/C23H28N4O2S/c1-16-8-10-19(11-9-16)24-21(28)15-30-23-26-25-22(20-12-13-29-17(20)2)27(23)14-18-6-4-3-5-7-18/h3-7,12-13,16,19H,8-11,14-15H2,1-2H3,(H,24,28). The molecule has 158 valence electrons. The van der Waals surface area contributed by atoms with Crippen LogP contribution in [0.5, 0.6) is 0 Å². The summed E-state index contributed by atoms with van der Waals surface area (Å²) in [5.74, 6) is 2.74.